The van der Waals surface area contributed by atoms with Crippen LogP contribution in [0.3, 0.4) is 0 Å². The van der Waals surface area contributed by atoms with Crippen molar-refractivity contribution >= 4 is 11.7 Å². The maximum atomic E-state index is 12.5. The van der Waals surface area contributed by atoms with E-state index in [0.717, 1.165) is 0 Å². The average Bonchev–Trinajstić information content (AvgIpc) is 3.14. The molecule has 0 aliphatic carbocycles. The van der Waals surface area contributed by atoms with Gasteiger partial charge in [-0.2, -0.15) is 0 Å². The lowest BCUT2D eigenvalue weighted by atomic mass is 10.1. The van der Waals surface area contributed by atoms with E-state index in [0.29, 0.717) is 55.7 Å². The number of carbonyl (C=O) groups is 1. The molecule has 1 atom stereocenters. The fraction of sp³-hybridized carbons (Fsp3) is 0.500. The van der Waals surface area contributed by atoms with Gasteiger partial charge in [0.05, 0.1) is 20.3 Å². The molecule has 1 saturated heterocycles. The van der Waals surface area contributed by atoms with Crippen molar-refractivity contribution in [1.82, 2.24) is 20.0 Å². The zero-order valence-electron chi connectivity index (χ0n) is 14.3. The van der Waals surface area contributed by atoms with Crippen LogP contribution in [0.15, 0.2) is 23.0 Å². The molecule has 3 rings (SSSR count). The average molecular weight is 347 g/mol. The third-order valence-electron chi connectivity index (χ3n) is 4.02. The van der Waals surface area contributed by atoms with Gasteiger partial charge in [0.15, 0.2) is 0 Å². The number of anilines is 1. The number of morpholine rings is 1. The minimum Gasteiger partial charge on any atom is -0.479 e. The standard InChI is InChI=1S/C16H21N5O4/c1-17-16-15(18-5-6-19-16)12-10-21(7-8-24-12)14(22)4-3-11-9-13(23-2)20-25-11/h5-6,9,12H,3-4,7-8,10H2,1-2H3,(H,17,19)/t12-/m0/s1. The summed E-state index contributed by atoms with van der Waals surface area (Å²) in [5.74, 6) is 1.74. The number of aryl methyl sites for hydroxylation is 1. The van der Waals surface area contributed by atoms with Crippen molar-refractivity contribution in [2.75, 3.05) is 39.2 Å². The Morgan fingerprint density at radius 3 is 3.04 bits per heavy atom. The number of nitrogens with one attached hydrogen (secondary N) is 1. The van der Waals surface area contributed by atoms with E-state index in [4.69, 9.17) is 14.0 Å². The summed E-state index contributed by atoms with van der Waals surface area (Å²) in [4.78, 5) is 22.9. The van der Waals surface area contributed by atoms with E-state index in [1.54, 1.807) is 30.4 Å². The van der Waals surface area contributed by atoms with Gasteiger partial charge in [0.25, 0.3) is 5.88 Å². The molecule has 0 bridgehead atoms. The number of hydrogen-bond acceptors (Lipinski definition) is 8. The van der Waals surface area contributed by atoms with E-state index in [9.17, 15) is 4.79 Å². The number of nitrogens with zero attached hydrogens (tertiary/aromatic N) is 4. The molecule has 2 aromatic rings. The zero-order valence-corrected chi connectivity index (χ0v) is 14.3. The number of rotatable bonds is 6. The number of ether oxygens (including phenoxy) is 2. The molecule has 2 aromatic heterocycles. The molecule has 0 aromatic carbocycles. The first kappa shape index (κ1) is 17.2. The first-order chi connectivity index (χ1) is 12.2. The summed E-state index contributed by atoms with van der Waals surface area (Å²) in [6.07, 6.45) is 3.76. The Morgan fingerprint density at radius 1 is 1.44 bits per heavy atom. The molecule has 3 heterocycles. The Balaban J connectivity index is 1.59. The van der Waals surface area contributed by atoms with Crippen LogP contribution in [-0.2, 0) is 16.0 Å². The van der Waals surface area contributed by atoms with Crippen molar-refractivity contribution in [3.63, 3.8) is 0 Å². The van der Waals surface area contributed by atoms with Gasteiger partial charge in [-0.1, -0.05) is 0 Å². The molecular formula is C16H21N5O4. The van der Waals surface area contributed by atoms with Crippen LogP contribution in [0.2, 0.25) is 0 Å². The van der Waals surface area contributed by atoms with Crippen LogP contribution < -0.4 is 10.1 Å². The van der Waals surface area contributed by atoms with Gasteiger partial charge in [-0.05, 0) is 5.16 Å². The Labute approximate surface area is 145 Å². The predicted molar refractivity (Wildman–Crippen MR) is 88.2 cm³/mol. The SMILES string of the molecule is CNc1nccnc1[C@@H]1CN(C(=O)CCc2cc(OC)no2)CCO1. The van der Waals surface area contributed by atoms with E-state index in [2.05, 4.69) is 20.4 Å². The second kappa shape index (κ2) is 7.93. The third kappa shape index (κ3) is 4.05. The van der Waals surface area contributed by atoms with E-state index < -0.39 is 0 Å². The number of aromatic nitrogens is 3. The Kier molecular flexibility index (Phi) is 5.44. The minimum atomic E-state index is -0.292. The Morgan fingerprint density at radius 2 is 2.28 bits per heavy atom. The summed E-state index contributed by atoms with van der Waals surface area (Å²) in [6, 6.07) is 1.69. The fourth-order valence-electron chi connectivity index (χ4n) is 2.71. The number of amides is 1. The summed E-state index contributed by atoms with van der Waals surface area (Å²) >= 11 is 0. The Bertz CT molecular complexity index is 720. The summed E-state index contributed by atoms with van der Waals surface area (Å²) < 4.78 is 15.9. The maximum absolute atomic E-state index is 12.5. The van der Waals surface area contributed by atoms with Crippen LogP contribution in [-0.4, -0.2) is 59.8 Å². The van der Waals surface area contributed by atoms with E-state index >= 15 is 0 Å². The lowest BCUT2D eigenvalue weighted by Crippen LogP contribution is -2.42. The van der Waals surface area contributed by atoms with Crippen LogP contribution in [0.25, 0.3) is 0 Å². The molecule has 1 aliphatic rings. The topological polar surface area (TPSA) is 103 Å². The summed E-state index contributed by atoms with van der Waals surface area (Å²) in [7, 11) is 3.30. The molecule has 1 fully saturated rings. The van der Waals surface area contributed by atoms with Crippen LogP contribution in [0, 0.1) is 0 Å². The Hall–Kier alpha value is -2.68. The molecule has 9 heteroatoms. The van der Waals surface area contributed by atoms with Gasteiger partial charge in [-0.25, -0.2) is 4.98 Å². The lowest BCUT2D eigenvalue weighted by molar-refractivity contribution is -0.139. The molecule has 0 unspecified atom stereocenters. The van der Waals surface area contributed by atoms with Crippen molar-refractivity contribution in [2.45, 2.75) is 18.9 Å². The van der Waals surface area contributed by atoms with Crippen LogP contribution in [0.5, 0.6) is 5.88 Å². The molecule has 1 aliphatic heterocycles. The van der Waals surface area contributed by atoms with Gasteiger partial charge in [0.2, 0.25) is 5.91 Å². The van der Waals surface area contributed by atoms with Crippen molar-refractivity contribution in [3.05, 3.63) is 29.9 Å². The van der Waals surface area contributed by atoms with Crippen molar-refractivity contribution in [1.29, 1.82) is 0 Å². The first-order valence-corrected chi connectivity index (χ1v) is 8.09. The maximum Gasteiger partial charge on any atom is 0.254 e. The van der Waals surface area contributed by atoms with Crippen LogP contribution in [0.1, 0.15) is 24.0 Å². The van der Waals surface area contributed by atoms with Crippen LogP contribution in [0.4, 0.5) is 5.82 Å². The second-order valence-corrected chi connectivity index (χ2v) is 5.57. The van der Waals surface area contributed by atoms with Gasteiger partial charge in [-0.3, -0.25) is 9.78 Å². The highest BCUT2D eigenvalue weighted by Crippen LogP contribution is 2.25. The second-order valence-electron chi connectivity index (χ2n) is 5.57. The normalized spacial score (nSPS) is 17.4. The number of hydrogen-bond donors (Lipinski definition) is 1. The first-order valence-electron chi connectivity index (χ1n) is 8.09. The number of methoxy groups -OCH3 is 1. The predicted octanol–water partition coefficient (Wildman–Crippen LogP) is 1.05. The quantitative estimate of drug-likeness (QED) is 0.827. The molecule has 1 N–H and O–H groups in total. The smallest absolute Gasteiger partial charge is 0.254 e. The molecule has 0 spiro atoms. The van der Waals surface area contributed by atoms with Crippen molar-refractivity contribution in [3.8, 4) is 5.88 Å². The molecule has 25 heavy (non-hydrogen) atoms. The fourth-order valence-corrected chi connectivity index (χ4v) is 2.71. The molecule has 0 radical (unpaired) electrons. The minimum absolute atomic E-state index is 0.0403. The van der Waals surface area contributed by atoms with Crippen molar-refractivity contribution in [2.24, 2.45) is 0 Å². The summed E-state index contributed by atoms with van der Waals surface area (Å²) in [6.45, 7) is 1.47. The monoisotopic (exact) mass is 347 g/mol. The van der Waals surface area contributed by atoms with Crippen molar-refractivity contribution < 1.29 is 18.8 Å². The lowest BCUT2D eigenvalue weighted by Gasteiger charge is -2.33. The van der Waals surface area contributed by atoms with E-state index in [1.165, 1.54) is 7.11 Å². The molecule has 0 saturated carbocycles. The van der Waals surface area contributed by atoms with Crippen LogP contribution >= 0.6 is 0 Å². The molecular weight excluding hydrogens is 326 g/mol. The number of carbonyl (C=O) groups excluding carboxylic acids is 1. The van der Waals surface area contributed by atoms with Gasteiger partial charge in [-0.15, -0.1) is 0 Å². The van der Waals surface area contributed by atoms with Gasteiger partial charge < -0.3 is 24.2 Å². The largest absolute Gasteiger partial charge is 0.479 e. The molecule has 134 valence electrons. The highest BCUT2D eigenvalue weighted by Gasteiger charge is 2.28. The highest BCUT2D eigenvalue weighted by atomic mass is 16.5. The van der Waals surface area contributed by atoms with Gasteiger partial charge in [0, 0.05) is 44.9 Å². The van der Waals surface area contributed by atoms with Gasteiger partial charge in [0.1, 0.15) is 23.4 Å². The highest BCUT2D eigenvalue weighted by molar-refractivity contribution is 5.76. The molecule has 1 amide bonds. The third-order valence-corrected chi connectivity index (χ3v) is 4.02. The van der Waals surface area contributed by atoms with Gasteiger partial charge >= 0.3 is 0 Å². The molecule has 9 nitrogen and oxygen atoms in total. The zero-order chi connectivity index (χ0) is 17.6. The van der Waals surface area contributed by atoms with E-state index in [1.807, 2.05) is 0 Å². The van der Waals surface area contributed by atoms with E-state index in [-0.39, 0.29) is 12.0 Å². The summed E-state index contributed by atoms with van der Waals surface area (Å²) in [5, 5.41) is 6.73. The summed E-state index contributed by atoms with van der Waals surface area (Å²) in [5.41, 5.74) is 0.711.